The maximum Gasteiger partial charge on any atom is 0.00954 e. The van der Waals surface area contributed by atoms with Crippen LogP contribution in [0.4, 0.5) is 0 Å². The van der Waals surface area contributed by atoms with Gasteiger partial charge < -0.3 is 4.90 Å². The molecule has 0 amide bonds. The Hall–Kier alpha value is -0.0400. The van der Waals surface area contributed by atoms with Gasteiger partial charge in [-0.1, -0.05) is 38.5 Å². The average molecular weight is 249 g/mol. The zero-order chi connectivity index (χ0) is 12.2. The zero-order valence-corrected chi connectivity index (χ0v) is 12.1. The van der Waals surface area contributed by atoms with E-state index in [9.17, 15) is 0 Å². The van der Waals surface area contributed by atoms with E-state index in [1.165, 1.54) is 64.5 Å². The molecule has 1 nitrogen and oxygen atoms in total. The Kier molecular flexibility index (Phi) is 4.62. The highest BCUT2D eigenvalue weighted by molar-refractivity contribution is 4.84. The molecule has 3 aliphatic rings. The standard InChI is InChI=1S/C17H31N/c1-3-7-15(8-4-1)16-9-11-17(12-10-16)18-13-5-2-6-14-18/h15-17H,1-14H2. The number of hydrogen-bond acceptors (Lipinski definition) is 1. The summed E-state index contributed by atoms with van der Waals surface area (Å²) in [6.07, 6.45) is 18.2. The van der Waals surface area contributed by atoms with Crippen molar-refractivity contribution in [2.45, 2.75) is 83.1 Å². The lowest BCUT2D eigenvalue weighted by atomic mass is 9.72. The van der Waals surface area contributed by atoms with Crippen LogP contribution in [-0.2, 0) is 0 Å². The van der Waals surface area contributed by atoms with Crippen molar-refractivity contribution in [3.63, 3.8) is 0 Å². The highest BCUT2D eigenvalue weighted by Crippen LogP contribution is 2.39. The van der Waals surface area contributed by atoms with Gasteiger partial charge in [0.05, 0.1) is 0 Å². The van der Waals surface area contributed by atoms with Crippen LogP contribution in [-0.4, -0.2) is 24.0 Å². The van der Waals surface area contributed by atoms with E-state index in [1.54, 1.807) is 25.7 Å². The summed E-state index contributed by atoms with van der Waals surface area (Å²) in [6.45, 7) is 2.80. The Balaban J connectivity index is 1.45. The summed E-state index contributed by atoms with van der Waals surface area (Å²) in [6, 6.07) is 0.963. The molecular weight excluding hydrogens is 218 g/mol. The number of nitrogens with zero attached hydrogens (tertiary/aromatic N) is 1. The van der Waals surface area contributed by atoms with Gasteiger partial charge in [-0.05, 0) is 63.5 Å². The number of likely N-dealkylation sites (tertiary alicyclic amines) is 1. The molecular formula is C17H31N. The highest BCUT2D eigenvalue weighted by atomic mass is 15.2. The predicted molar refractivity (Wildman–Crippen MR) is 77.7 cm³/mol. The minimum absolute atomic E-state index is 0.963. The largest absolute Gasteiger partial charge is 0.300 e. The van der Waals surface area contributed by atoms with Crippen molar-refractivity contribution in [1.29, 1.82) is 0 Å². The summed E-state index contributed by atoms with van der Waals surface area (Å²) in [7, 11) is 0. The Morgan fingerprint density at radius 2 is 1.06 bits per heavy atom. The van der Waals surface area contributed by atoms with E-state index in [-0.39, 0.29) is 0 Å². The molecule has 1 aliphatic heterocycles. The minimum atomic E-state index is 0.963. The second kappa shape index (κ2) is 6.41. The Labute approximate surface area is 113 Å². The van der Waals surface area contributed by atoms with Crippen LogP contribution in [0.2, 0.25) is 0 Å². The van der Waals surface area contributed by atoms with Crippen molar-refractivity contribution in [1.82, 2.24) is 4.90 Å². The first-order valence-corrected chi connectivity index (χ1v) is 8.67. The molecule has 0 aromatic rings. The fourth-order valence-electron chi connectivity index (χ4n) is 4.83. The van der Waals surface area contributed by atoms with Gasteiger partial charge in [0.2, 0.25) is 0 Å². The first-order chi connectivity index (χ1) is 8.93. The van der Waals surface area contributed by atoms with Crippen LogP contribution in [0.25, 0.3) is 0 Å². The fraction of sp³-hybridized carbons (Fsp3) is 1.00. The number of rotatable bonds is 2. The third-order valence-corrected chi connectivity index (χ3v) is 5.96. The van der Waals surface area contributed by atoms with E-state index in [0.29, 0.717) is 0 Å². The second-order valence-corrected chi connectivity index (χ2v) is 7.06. The molecule has 1 heteroatoms. The van der Waals surface area contributed by atoms with Gasteiger partial charge in [0.25, 0.3) is 0 Å². The van der Waals surface area contributed by atoms with E-state index in [1.807, 2.05) is 0 Å². The summed E-state index contributed by atoms with van der Waals surface area (Å²) >= 11 is 0. The lowest BCUT2D eigenvalue weighted by molar-refractivity contribution is 0.0918. The van der Waals surface area contributed by atoms with Crippen molar-refractivity contribution in [2.75, 3.05) is 13.1 Å². The Bertz CT molecular complexity index is 204. The molecule has 0 aromatic heterocycles. The first-order valence-electron chi connectivity index (χ1n) is 8.67. The van der Waals surface area contributed by atoms with Crippen LogP contribution in [0.3, 0.4) is 0 Å². The summed E-state index contributed by atoms with van der Waals surface area (Å²) in [5.41, 5.74) is 0. The van der Waals surface area contributed by atoms with Crippen molar-refractivity contribution in [2.24, 2.45) is 11.8 Å². The number of piperidine rings is 1. The van der Waals surface area contributed by atoms with Crippen LogP contribution < -0.4 is 0 Å². The average Bonchev–Trinajstić information content (AvgIpc) is 2.49. The molecule has 2 aliphatic carbocycles. The summed E-state index contributed by atoms with van der Waals surface area (Å²) < 4.78 is 0. The van der Waals surface area contributed by atoms with Gasteiger partial charge in [0.1, 0.15) is 0 Å². The fourth-order valence-corrected chi connectivity index (χ4v) is 4.83. The molecule has 0 spiro atoms. The zero-order valence-electron chi connectivity index (χ0n) is 12.1. The van der Waals surface area contributed by atoms with Gasteiger partial charge in [0, 0.05) is 6.04 Å². The molecule has 0 atom stereocenters. The molecule has 2 saturated carbocycles. The van der Waals surface area contributed by atoms with Crippen LogP contribution in [0.15, 0.2) is 0 Å². The van der Waals surface area contributed by atoms with Gasteiger partial charge in [-0.25, -0.2) is 0 Å². The molecule has 3 rings (SSSR count). The molecule has 0 unspecified atom stereocenters. The molecule has 18 heavy (non-hydrogen) atoms. The maximum atomic E-state index is 2.82. The molecule has 1 heterocycles. The topological polar surface area (TPSA) is 3.24 Å². The summed E-state index contributed by atoms with van der Waals surface area (Å²) in [5, 5.41) is 0. The normalized spacial score (nSPS) is 36.7. The summed E-state index contributed by atoms with van der Waals surface area (Å²) in [5.74, 6) is 2.22. The molecule has 3 fully saturated rings. The molecule has 0 N–H and O–H groups in total. The van der Waals surface area contributed by atoms with E-state index in [4.69, 9.17) is 0 Å². The van der Waals surface area contributed by atoms with Crippen molar-refractivity contribution < 1.29 is 0 Å². The SMILES string of the molecule is C1CCC(C2CCC(N3CCCCC3)CC2)CC1. The predicted octanol–water partition coefficient (Wildman–Crippen LogP) is 4.61. The number of hydrogen-bond donors (Lipinski definition) is 0. The quantitative estimate of drug-likeness (QED) is 0.690. The third-order valence-electron chi connectivity index (χ3n) is 5.96. The third kappa shape index (κ3) is 3.10. The maximum absolute atomic E-state index is 2.82. The molecule has 0 radical (unpaired) electrons. The van der Waals surface area contributed by atoms with Crippen molar-refractivity contribution in [3.05, 3.63) is 0 Å². The van der Waals surface area contributed by atoms with Gasteiger partial charge >= 0.3 is 0 Å². The van der Waals surface area contributed by atoms with Gasteiger partial charge in [0.15, 0.2) is 0 Å². The van der Waals surface area contributed by atoms with E-state index >= 15 is 0 Å². The Morgan fingerprint density at radius 1 is 0.500 bits per heavy atom. The van der Waals surface area contributed by atoms with Crippen LogP contribution in [0, 0.1) is 11.8 Å². The lowest BCUT2D eigenvalue weighted by Gasteiger charge is -2.41. The van der Waals surface area contributed by atoms with Crippen molar-refractivity contribution >= 4 is 0 Å². The Morgan fingerprint density at radius 3 is 1.72 bits per heavy atom. The smallest absolute Gasteiger partial charge is 0.00954 e. The second-order valence-electron chi connectivity index (χ2n) is 7.06. The van der Waals surface area contributed by atoms with Crippen molar-refractivity contribution in [3.8, 4) is 0 Å². The molecule has 104 valence electrons. The minimum Gasteiger partial charge on any atom is -0.300 e. The van der Waals surface area contributed by atoms with Crippen LogP contribution in [0.5, 0.6) is 0 Å². The summed E-state index contributed by atoms with van der Waals surface area (Å²) in [4.78, 5) is 2.82. The van der Waals surface area contributed by atoms with Crippen LogP contribution in [0.1, 0.15) is 77.0 Å². The lowest BCUT2D eigenvalue weighted by Crippen LogP contribution is -2.42. The van der Waals surface area contributed by atoms with E-state index in [2.05, 4.69) is 4.90 Å². The molecule has 1 saturated heterocycles. The van der Waals surface area contributed by atoms with Gasteiger partial charge in [-0.2, -0.15) is 0 Å². The first kappa shape index (κ1) is 13.0. The monoisotopic (exact) mass is 249 g/mol. The van der Waals surface area contributed by atoms with Crippen LogP contribution >= 0.6 is 0 Å². The van der Waals surface area contributed by atoms with E-state index < -0.39 is 0 Å². The van der Waals surface area contributed by atoms with E-state index in [0.717, 1.165) is 17.9 Å². The van der Waals surface area contributed by atoms with Gasteiger partial charge in [-0.3, -0.25) is 0 Å². The highest BCUT2D eigenvalue weighted by Gasteiger charge is 2.30. The molecule has 0 aromatic carbocycles. The van der Waals surface area contributed by atoms with Gasteiger partial charge in [-0.15, -0.1) is 0 Å². The molecule has 0 bridgehead atoms.